The van der Waals surface area contributed by atoms with Crippen molar-refractivity contribution in [1.82, 2.24) is 14.2 Å². The van der Waals surface area contributed by atoms with Crippen molar-refractivity contribution in [2.24, 2.45) is 0 Å². The van der Waals surface area contributed by atoms with E-state index in [1.54, 1.807) is 27.4 Å². The summed E-state index contributed by atoms with van der Waals surface area (Å²) in [5.74, 6) is -0.229. The summed E-state index contributed by atoms with van der Waals surface area (Å²) in [6.45, 7) is 3.56. The lowest BCUT2D eigenvalue weighted by Gasteiger charge is -2.32. The molecule has 1 unspecified atom stereocenters. The van der Waals surface area contributed by atoms with E-state index in [0.717, 1.165) is 24.0 Å². The number of hydrogen-bond acceptors (Lipinski definition) is 6. The molecule has 2 heterocycles. The van der Waals surface area contributed by atoms with E-state index in [-0.39, 0.29) is 16.8 Å². The van der Waals surface area contributed by atoms with Crippen molar-refractivity contribution >= 4 is 54.2 Å². The number of benzene rings is 2. The van der Waals surface area contributed by atoms with E-state index >= 15 is 0 Å². The van der Waals surface area contributed by atoms with Crippen LogP contribution in [0.3, 0.4) is 0 Å². The van der Waals surface area contributed by atoms with Gasteiger partial charge < -0.3 is 4.90 Å². The number of sulfonamides is 1. The van der Waals surface area contributed by atoms with Gasteiger partial charge in [-0.25, -0.2) is 13.4 Å². The number of anilines is 1. The summed E-state index contributed by atoms with van der Waals surface area (Å²) >= 11 is 7.71. The number of thiazole rings is 1. The van der Waals surface area contributed by atoms with Gasteiger partial charge in [0.15, 0.2) is 5.13 Å². The van der Waals surface area contributed by atoms with Crippen LogP contribution < -0.4 is 4.90 Å². The van der Waals surface area contributed by atoms with Crippen molar-refractivity contribution in [1.29, 1.82) is 0 Å². The minimum absolute atomic E-state index is 0.0209. The number of likely N-dealkylation sites (N-methyl/N-ethyl adjacent to an activating group) is 1. The summed E-state index contributed by atoms with van der Waals surface area (Å²) in [6.07, 6.45) is 2.77. The first kappa shape index (κ1) is 25.1. The highest BCUT2D eigenvalue weighted by molar-refractivity contribution is 7.89. The van der Waals surface area contributed by atoms with Crippen LogP contribution in [0, 0.1) is 0 Å². The molecule has 0 N–H and O–H groups in total. The largest absolute Gasteiger partial charge is 0.308 e. The number of halogens is 1. The fourth-order valence-corrected chi connectivity index (χ4v) is 7.08. The van der Waals surface area contributed by atoms with E-state index < -0.39 is 10.0 Å². The van der Waals surface area contributed by atoms with Crippen molar-refractivity contribution < 1.29 is 13.2 Å². The second kappa shape index (κ2) is 10.3. The van der Waals surface area contributed by atoms with Crippen molar-refractivity contribution in [2.45, 2.75) is 37.1 Å². The maximum atomic E-state index is 13.5. The molecule has 10 heteroatoms. The molecular weight excluding hydrogens is 492 g/mol. The molecule has 4 rings (SSSR count). The number of nitrogens with zero attached hydrogens (tertiary/aromatic N) is 4. The Hall–Kier alpha value is -2.04. The Morgan fingerprint density at radius 2 is 1.88 bits per heavy atom. The molecule has 1 aliphatic rings. The van der Waals surface area contributed by atoms with E-state index in [1.807, 2.05) is 38.1 Å². The molecule has 1 aliphatic heterocycles. The van der Waals surface area contributed by atoms with Gasteiger partial charge in [0.05, 0.1) is 14.6 Å². The fourth-order valence-electron chi connectivity index (χ4n) is 4.09. The van der Waals surface area contributed by atoms with Gasteiger partial charge in [0, 0.05) is 31.2 Å². The molecule has 0 radical (unpaired) electrons. The Kier molecular flexibility index (Phi) is 7.59. The van der Waals surface area contributed by atoms with E-state index in [4.69, 9.17) is 11.6 Å². The highest BCUT2D eigenvalue weighted by Gasteiger charge is 2.31. The lowest BCUT2D eigenvalue weighted by molar-refractivity contribution is 0.0985. The zero-order chi connectivity index (χ0) is 24.5. The van der Waals surface area contributed by atoms with Gasteiger partial charge in [-0.15, -0.1) is 0 Å². The van der Waals surface area contributed by atoms with Crippen LogP contribution >= 0.6 is 22.9 Å². The van der Waals surface area contributed by atoms with Crippen LogP contribution in [0.25, 0.3) is 10.2 Å². The molecule has 1 aromatic heterocycles. The first-order valence-corrected chi connectivity index (χ1v) is 14.0. The second-order valence-corrected chi connectivity index (χ2v) is 12.1. The average Bonchev–Trinajstić information content (AvgIpc) is 3.24. The Balaban J connectivity index is 1.63. The molecule has 1 amide bonds. The molecule has 0 aliphatic carbocycles. The number of carbonyl (C=O) groups excluding carboxylic acids is 1. The van der Waals surface area contributed by atoms with Gasteiger partial charge in [0.2, 0.25) is 10.0 Å². The Morgan fingerprint density at radius 1 is 1.15 bits per heavy atom. The highest BCUT2D eigenvalue weighted by atomic mass is 35.5. The van der Waals surface area contributed by atoms with Gasteiger partial charge >= 0.3 is 0 Å². The number of piperidine rings is 1. The number of fused-ring (bicyclic) bond motifs is 1. The zero-order valence-electron chi connectivity index (χ0n) is 19.6. The summed E-state index contributed by atoms with van der Waals surface area (Å²) in [6, 6.07) is 11.8. The van der Waals surface area contributed by atoms with Crippen molar-refractivity contribution in [3.63, 3.8) is 0 Å². The first-order chi connectivity index (χ1) is 16.2. The van der Waals surface area contributed by atoms with Crippen molar-refractivity contribution in [3.8, 4) is 0 Å². The van der Waals surface area contributed by atoms with Crippen LogP contribution in [0.4, 0.5) is 5.13 Å². The number of rotatable bonds is 7. The van der Waals surface area contributed by atoms with E-state index in [2.05, 4.69) is 4.98 Å². The third-order valence-electron chi connectivity index (χ3n) is 6.06. The standard InChI is InChI=1S/C24H29ClN4O3S2/c1-17-7-4-5-14-29(17)34(31,32)19-12-10-18(11-13-19)23(30)28(16-15-27(2)3)24-26-22-20(25)8-6-9-21(22)33-24/h6,8-13,17H,4-5,7,14-16H2,1-3H3. The van der Waals surface area contributed by atoms with Crippen LogP contribution in [-0.4, -0.2) is 68.3 Å². The lowest BCUT2D eigenvalue weighted by Crippen LogP contribution is -2.41. The van der Waals surface area contributed by atoms with Gasteiger partial charge in [0.25, 0.3) is 5.91 Å². The SMILES string of the molecule is CC1CCCCN1S(=O)(=O)c1ccc(C(=O)N(CCN(C)C)c2nc3c(Cl)cccc3s2)cc1. The molecule has 3 aromatic rings. The molecule has 1 fully saturated rings. The molecule has 0 bridgehead atoms. The molecule has 1 saturated heterocycles. The predicted octanol–water partition coefficient (Wildman–Crippen LogP) is 4.72. The monoisotopic (exact) mass is 520 g/mol. The van der Waals surface area contributed by atoms with Gasteiger partial charge in [0.1, 0.15) is 5.52 Å². The summed E-state index contributed by atoms with van der Waals surface area (Å²) in [4.78, 5) is 22.0. The topological polar surface area (TPSA) is 73.8 Å². The van der Waals surface area contributed by atoms with Crippen LogP contribution in [0.5, 0.6) is 0 Å². The molecule has 0 spiro atoms. The van der Waals surface area contributed by atoms with Crippen LogP contribution in [0.2, 0.25) is 5.02 Å². The van der Waals surface area contributed by atoms with Gasteiger partial charge in [-0.2, -0.15) is 4.31 Å². The second-order valence-electron chi connectivity index (χ2n) is 8.83. The summed E-state index contributed by atoms with van der Waals surface area (Å²) in [5, 5.41) is 1.11. The van der Waals surface area contributed by atoms with Crippen LogP contribution in [-0.2, 0) is 10.0 Å². The quantitative estimate of drug-likeness (QED) is 0.450. The maximum absolute atomic E-state index is 13.5. The minimum atomic E-state index is -3.59. The van der Waals surface area contributed by atoms with Crippen LogP contribution in [0.1, 0.15) is 36.5 Å². The average molecular weight is 521 g/mol. The first-order valence-electron chi connectivity index (χ1n) is 11.3. The number of carbonyl (C=O) groups is 1. The molecule has 7 nitrogen and oxygen atoms in total. The molecule has 2 aromatic carbocycles. The van der Waals surface area contributed by atoms with E-state index in [0.29, 0.717) is 40.9 Å². The Bertz CT molecular complexity index is 1280. The Morgan fingerprint density at radius 3 is 2.53 bits per heavy atom. The number of hydrogen-bond donors (Lipinski definition) is 0. The zero-order valence-corrected chi connectivity index (χ0v) is 22.0. The molecule has 0 saturated carbocycles. The van der Waals surface area contributed by atoms with Crippen molar-refractivity contribution in [2.75, 3.05) is 38.6 Å². The van der Waals surface area contributed by atoms with E-state index in [1.165, 1.54) is 23.5 Å². The Labute approximate surface area is 210 Å². The maximum Gasteiger partial charge on any atom is 0.260 e. The van der Waals surface area contributed by atoms with Crippen molar-refractivity contribution in [3.05, 3.63) is 53.1 Å². The normalized spacial score (nSPS) is 17.4. The van der Waals surface area contributed by atoms with Gasteiger partial charge in [-0.1, -0.05) is 35.4 Å². The fraction of sp³-hybridized carbons (Fsp3) is 0.417. The third kappa shape index (κ3) is 5.13. The molecular formula is C24H29ClN4O3S2. The van der Waals surface area contributed by atoms with Gasteiger partial charge in [-0.3, -0.25) is 9.69 Å². The number of para-hydroxylation sites is 1. The summed E-state index contributed by atoms with van der Waals surface area (Å²) in [5.41, 5.74) is 1.08. The highest BCUT2D eigenvalue weighted by Crippen LogP contribution is 2.33. The molecule has 34 heavy (non-hydrogen) atoms. The number of aromatic nitrogens is 1. The summed E-state index contributed by atoms with van der Waals surface area (Å²) in [7, 11) is 0.294. The van der Waals surface area contributed by atoms with Crippen LogP contribution in [0.15, 0.2) is 47.4 Å². The third-order valence-corrected chi connectivity index (χ3v) is 9.43. The smallest absolute Gasteiger partial charge is 0.260 e. The summed E-state index contributed by atoms with van der Waals surface area (Å²) < 4.78 is 28.8. The molecule has 182 valence electrons. The van der Waals surface area contributed by atoms with Gasteiger partial charge in [-0.05, 0) is 70.3 Å². The predicted molar refractivity (Wildman–Crippen MR) is 139 cm³/mol. The van der Waals surface area contributed by atoms with E-state index in [9.17, 15) is 13.2 Å². The number of amides is 1. The minimum Gasteiger partial charge on any atom is -0.308 e. The lowest BCUT2D eigenvalue weighted by atomic mass is 10.1. The molecule has 1 atom stereocenters.